The van der Waals surface area contributed by atoms with E-state index in [-0.39, 0.29) is 17.7 Å². The van der Waals surface area contributed by atoms with Gasteiger partial charge in [-0.05, 0) is 138 Å². The number of nitrogens with zero attached hydrogens (tertiary/aromatic N) is 2. The topological polar surface area (TPSA) is 107 Å². The van der Waals surface area contributed by atoms with Crippen molar-refractivity contribution in [2.75, 3.05) is 59.2 Å². The van der Waals surface area contributed by atoms with Gasteiger partial charge in [0.2, 0.25) is 0 Å². The number of phenolic OH excluding ortho intramolecular Hbond substituents is 1. The van der Waals surface area contributed by atoms with Crippen molar-refractivity contribution in [3.05, 3.63) is 131 Å². The fraction of sp³-hybridized carbons (Fsp3) is 0.429. The van der Waals surface area contributed by atoms with Crippen molar-refractivity contribution in [3.8, 4) is 23.0 Å². The molecule has 4 aromatic carbocycles. The lowest BCUT2D eigenvalue weighted by Gasteiger charge is -2.40. The van der Waals surface area contributed by atoms with Crippen LogP contribution in [-0.2, 0) is 32.2 Å². The number of aromatic hydroxyl groups is 1. The number of para-hydroxylation sites is 2. The van der Waals surface area contributed by atoms with Gasteiger partial charge >= 0.3 is 11.9 Å². The molecule has 61 heavy (non-hydrogen) atoms. The molecule has 4 aromatic rings. The Morgan fingerprint density at radius 1 is 0.656 bits per heavy atom. The quantitative estimate of drug-likeness (QED) is 0.0723. The van der Waals surface area contributed by atoms with Crippen LogP contribution in [0.15, 0.2) is 110 Å². The van der Waals surface area contributed by atoms with Crippen LogP contribution in [0.1, 0.15) is 63.5 Å². The second kappa shape index (κ2) is 24.0. The number of likely N-dealkylation sites (tertiary alicyclic amines) is 2. The SMILES string of the molecule is C=CCOc1ccc(CN2CCC(CCOc3ccccc3)(C(=O)OCC)CC2)cc1Cl.CCOC(=O)C1(CCOc2ccccc2)CCN(Cc2ccc(O)c(Cl)c2)CC1. The van der Waals surface area contributed by atoms with Crippen LogP contribution < -0.4 is 14.2 Å². The zero-order valence-electron chi connectivity index (χ0n) is 35.5. The highest BCUT2D eigenvalue weighted by Gasteiger charge is 2.43. The summed E-state index contributed by atoms with van der Waals surface area (Å²) in [4.78, 5) is 30.3. The van der Waals surface area contributed by atoms with Crippen LogP contribution in [-0.4, -0.2) is 86.1 Å². The molecule has 0 aliphatic carbocycles. The maximum absolute atomic E-state index is 12.9. The highest BCUT2D eigenvalue weighted by molar-refractivity contribution is 6.32. The molecule has 10 nitrogen and oxygen atoms in total. The summed E-state index contributed by atoms with van der Waals surface area (Å²) in [6.07, 6.45) is 5.94. The Hall–Kier alpha value is -4.74. The molecular formula is C49H60Cl2N2O8. The first kappa shape index (κ1) is 47.3. The first-order valence-electron chi connectivity index (χ1n) is 21.2. The molecule has 0 atom stereocenters. The molecule has 0 spiro atoms. The number of benzene rings is 4. The van der Waals surface area contributed by atoms with E-state index >= 15 is 0 Å². The molecule has 2 aliphatic rings. The Kier molecular flexibility index (Phi) is 18.6. The lowest BCUT2D eigenvalue weighted by molar-refractivity contribution is -0.160. The third-order valence-corrected chi connectivity index (χ3v) is 12.0. The van der Waals surface area contributed by atoms with Crippen molar-refractivity contribution in [2.45, 2.75) is 65.5 Å². The van der Waals surface area contributed by atoms with Gasteiger partial charge in [0, 0.05) is 13.1 Å². The van der Waals surface area contributed by atoms with E-state index in [9.17, 15) is 14.7 Å². The number of rotatable bonds is 19. The van der Waals surface area contributed by atoms with Crippen molar-refractivity contribution in [1.82, 2.24) is 9.80 Å². The molecule has 0 radical (unpaired) electrons. The fourth-order valence-corrected chi connectivity index (χ4v) is 8.26. The van der Waals surface area contributed by atoms with Crippen LogP contribution in [0.25, 0.3) is 0 Å². The summed E-state index contributed by atoms with van der Waals surface area (Å²) in [5, 5.41) is 10.5. The number of halogens is 2. The van der Waals surface area contributed by atoms with Gasteiger partial charge in [-0.3, -0.25) is 19.4 Å². The normalized spacial score (nSPS) is 16.0. The van der Waals surface area contributed by atoms with Crippen LogP contribution in [0.2, 0.25) is 10.0 Å². The number of phenols is 1. The zero-order chi connectivity index (χ0) is 43.5. The summed E-state index contributed by atoms with van der Waals surface area (Å²) in [5.41, 5.74) is 1.16. The first-order valence-corrected chi connectivity index (χ1v) is 22.0. The van der Waals surface area contributed by atoms with Crippen molar-refractivity contribution >= 4 is 35.1 Å². The van der Waals surface area contributed by atoms with Gasteiger partial charge in [0.15, 0.2) is 0 Å². The number of carbonyl (C=O) groups is 2. The van der Waals surface area contributed by atoms with Gasteiger partial charge in [0.05, 0.1) is 47.3 Å². The van der Waals surface area contributed by atoms with Crippen molar-refractivity contribution in [2.24, 2.45) is 10.8 Å². The second-order valence-corrected chi connectivity index (χ2v) is 16.3. The van der Waals surface area contributed by atoms with Crippen LogP contribution in [0.5, 0.6) is 23.0 Å². The van der Waals surface area contributed by atoms with Crippen molar-refractivity contribution in [3.63, 3.8) is 0 Å². The third-order valence-electron chi connectivity index (χ3n) is 11.4. The Morgan fingerprint density at radius 2 is 1.10 bits per heavy atom. The second-order valence-electron chi connectivity index (χ2n) is 15.5. The zero-order valence-corrected chi connectivity index (χ0v) is 37.0. The highest BCUT2D eigenvalue weighted by Crippen LogP contribution is 2.39. The number of piperidine rings is 2. The van der Waals surface area contributed by atoms with Crippen LogP contribution in [0.4, 0.5) is 0 Å². The first-order chi connectivity index (χ1) is 29.6. The average molecular weight is 876 g/mol. The smallest absolute Gasteiger partial charge is 0.312 e. The van der Waals surface area contributed by atoms with Crippen LogP contribution in [0, 0.1) is 10.8 Å². The third kappa shape index (κ3) is 14.1. The highest BCUT2D eigenvalue weighted by atomic mass is 35.5. The van der Waals surface area contributed by atoms with E-state index in [1.165, 1.54) is 0 Å². The Balaban J connectivity index is 0.000000232. The monoisotopic (exact) mass is 874 g/mol. The molecule has 2 heterocycles. The van der Waals surface area contributed by atoms with Gasteiger partial charge in [0.25, 0.3) is 0 Å². The van der Waals surface area contributed by atoms with Gasteiger partial charge in [0.1, 0.15) is 29.6 Å². The predicted molar refractivity (Wildman–Crippen MR) is 241 cm³/mol. The maximum Gasteiger partial charge on any atom is 0.312 e. The van der Waals surface area contributed by atoms with Gasteiger partial charge in [-0.1, -0.05) is 84.4 Å². The van der Waals surface area contributed by atoms with Crippen LogP contribution >= 0.6 is 23.2 Å². The van der Waals surface area contributed by atoms with Crippen molar-refractivity contribution in [1.29, 1.82) is 0 Å². The molecule has 2 fully saturated rings. The van der Waals surface area contributed by atoms with Gasteiger partial charge in [-0.25, -0.2) is 0 Å². The summed E-state index contributed by atoms with van der Waals surface area (Å²) < 4.78 is 28.1. The molecule has 0 aromatic heterocycles. The molecule has 0 saturated carbocycles. The minimum atomic E-state index is -0.506. The molecule has 1 N–H and O–H groups in total. The lowest BCUT2D eigenvalue weighted by atomic mass is 9.75. The van der Waals surface area contributed by atoms with E-state index in [1.54, 1.807) is 18.2 Å². The predicted octanol–water partition coefficient (Wildman–Crippen LogP) is 10.2. The van der Waals surface area contributed by atoms with E-state index < -0.39 is 10.8 Å². The van der Waals surface area contributed by atoms with Gasteiger partial charge < -0.3 is 28.8 Å². The minimum Gasteiger partial charge on any atom is -0.506 e. The Labute approximate surface area is 371 Å². The molecule has 6 rings (SSSR count). The molecule has 2 aliphatic heterocycles. The fourth-order valence-electron chi connectivity index (χ4n) is 7.79. The Morgan fingerprint density at radius 3 is 1.51 bits per heavy atom. The van der Waals surface area contributed by atoms with Gasteiger partial charge in [-0.2, -0.15) is 0 Å². The van der Waals surface area contributed by atoms with E-state index in [4.69, 9.17) is 46.9 Å². The van der Waals surface area contributed by atoms with Crippen molar-refractivity contribution < 1.29 is 38.4 Å². The number of ether oxygens (including phenoxy) is 5. The van der Waals surface area contributed by atoms with E-state index in [1.807, 2.05) is 98.8 Å². The number of hydrogen-bond acceptors (Lipinski definition) is 10. The summed E-state index contributed by atoms with van der Waals surface area (Å²) in [7, 11) is 0. The summed E-state index contributed by atoms with van der Waals surface area (Å²) >= 11 is 12.4. The summed E-state index contributed by atoms with van der Waals surface area (Å²) in [6.45, 7) is 14.3. The molecule has 328 valence electrons. The van der Waals surface area contributed by atoms with E-state index in [0.717, 1.165) is 87.6 Å². The summed E-state index contributed by atoms with van der Waals surface area (Å²) in [6, 6.07) is 30.5. The molecular weight excluding hydrogens is 815 g/mol. The molecule has 2 saturated heterocycles. The molecule has 0 bridgehead atoms. The Bertz CT molecular complexity index is 1970. The number of carbonyl (C=O) groups excluding carboxylic acids is 2. The lowest BCUT2D eigenvalue weighted by Crippen LogP contribution is -2.45. The summed E-state index contributed by atoms with van der Waals surface area (Å²) in [5.74, 6) is 2.16. The largest absolute Gasteiger partial charge is 0.506 e. The standard InChI is InChI=1S/C26H32ClNO4.C23H28ClNO4/c1-3-17-32-24-11-10-21(19-23(24)27)20-28-15-12-26(13-16-28,25(29)30-4-2)14-18-31-22-8-6-5-7-9-22;1-2-28-22(27)23(12-15-29-19-6-4-3-5-7-19)10-13-25(14-11-23)17-18-8-9-21(26)20(24)16-18/h3,5-11,19H,1,4,12-18,20H2,2H3;3-9,16,26H,2,10-15,17H2,1H3. The van der Waals surface area contributed by atoms with E-state index in [0.29, 0.717) is 61.7 Å². The molecule has 0 amide bonds. The molecule has 0 unspecified atom stereocenters. The van der Waals surface area contributed by atoms with Crippen LogP contribution in [0.3, 0.4) is 0 Å². The molecule has 12 heteroatoms. The minimum absolute atomic E-state index is 0.0915. The maximum atomic E-state index is 12.9. The number of esters is 2. The number of hydrogen-bond donors (Lipinski definition) is 1. The van der Waals surface area contributed by atoms with E-state index in [2.05, 4.69) is 16.4 Å². The van der Waals surface area contributed by atoms with Gasteiger partial charge in [-0.15, -0.1) is 0 Å². The average Bonchev–Trinajstić information content (AvgIpc) is 3.27.